The van der Waals surface area contributed by atoms with Crippen LogP contribution in [0.4, 0.5) is 0 Å². The number of aromatic nitrogens is 2. The van der Waals surface area contributed by atoms with Crippen molar-refractivity contribution in [1.29, 1.82) is 0 Å². The zero-order chi connectivity index (χ0) is 15.2. The van der Waals surface area contributed by atoms with Gasteiger partial charge in [-0.1, -0.05) is 13.8 Å². The number of hydrogen-bond acceptors (Lipinski definition) is 3. The van der Waals surface area contributed by atoms with Gasteiger partial charge in [0.05, 0.1) is 21.5 Å². The van der Waals surface area contributed by atoms with Crippen molar-refractivity contribution in [3.05, 3.63) is 15.9 Å². The maximum Gasteiger partial charge on any atom is 0.0766 e. The van der Waals surface area contributed by atoms with E-state index in [1.807, 2.05) is 11.6 Å². The van der Waals surface area contributed by atoms with Crippen LogP contribution in [0, 0.1) is 0 Å². The first-order chi connectivity index (χ1) is 9.45. The van der Waals surface area contributed by atoms with Gasteiger partial charge in [0.2, 0.25) is 0 Å². The van der Waals surface area contributed by atoms with Crippen LogP contribution in [-0.2, 0) is 19.4 Å². The zero-order valence-electron chi connectivity index (χ0n) is 13.2. The fraction of sp³-hybridized carbons (Fsp3) is 0.800. The minimum absolute atomic E-state index is 0.627. The second-order valence-corrected chi connectivity index (χ2v) is 6.34. The molecule has 5 heteroatoms. The number of hydrogen-bond donors (Lipinski definition) is 2. The van der Waals surface area contributed by atoms with Gasteiger partial charge >= 0.3 is 0 Å². The highest BCUT2D eigenvalue weighted by molar-refractivity contribution is 9.10. The van der Waals surface area contributed by atoms with Gasteiger partial charge in [-0.2, -0.15) is 5.10 Å². The lowest BCUT2D eigenvalue weighted by atomic mass is 9.95. The average molecular weight is 346 g/mol. The Morgan fingerprint density at radius 2 is 2.00 bits per heavy atom. The molecule has 1 rings (SSSR count). The maximum absolute atomic E-state index is 10.6. The fourth-order valence-corrected chi connectivity index (χ4v) is 3.00. The molecule has 0 aliphatic rings. The molecule has 1 aromatic rings. The Morgan fingerprint density at radius 3 is 2.55 bits per heavy atom. The van der Waals surface area contributed by atoms with Crippen LogP contribution >= 0.6 is 15.9 Å². The van der Waals surface area contributed by atoms with Crippen molar-refractivity contribution in [1.82, 2.24) is 15.1 Å². The molecule has 0 saturated heterocycles. The summed E-state index contributed by atoms with van der Waals surface area (Å²) in [4.78, 5) is 0. The number of nitrogens with zero attached hydrogens (tertiary/aromatic N) is 2. The van der Waals surface area contributed by atoms with Crippen LogP contribution in [0.2, 0.25) is 0 Å². The molecule has 0 spiro atoms. The summed E-state index contributed by atoms with van der Waals surface area (Å²) in [5.41, 5.74) is 1.47. The Kier molecular flexibility index (Phi) is 7.20. The second-order valence-electron chi connectivity index (χ2n) is 5.55. The van der Waals surface area contributed by atoms with E-state index < -0.39 is 5.60 Å². The molecule has 1 unspecified atom stereocenters. The number of aliphatic hydroxyl groups is 1. The van der Waals surface area contributed by atoms with E-state index in [1.54, 1.807) is 0 Å². The van der Waals surface area contributed by atoms with Crippen LogP contribution in [0.15, 0.2) is 4.47 Å². The number of aryl methyl sites for hydroxylation is 2. The average Bonchev–Trinajstić information content (AvgIpc) is 2.71. The molecule has 1 atom stereocenters. The van der Waals surface area contributed by atoms with Gasteiger partial charge < -0.3 is 10.4 Å². The van der Waals surface area contributed by atoms with E-state index >= 15 is 0 Å². The first-order valence-corrected chi connectivity index (χ1v) is 8.41. The van der Waals surface area contributed by atoms with E-state index in [-0.39, 0.29) is 0 Å². The highest BCUT2D eigenvalue weighted by Crippen LogP contribution is 2.27. The first kappa shape index (κ1) is 17.7. The van der Waals surface area contributed by atoms with Crippen LogP contribution < -0.4 is 5.32 Å². The van der Waals surface area contributed by atoms with Crippen LogP contribution in [-0.4, -0.2) is 33.6 Å². The number of nitrogens with one attached hydrogen (secondary N) is 1. The van der Waals surface area contributed by atoms with Gasteiger partial charge in [-0.05, 0) is 62.1 Å². The highest BCUT2D eigenvalue weighted by atomic mass is 79.9. The van der Waals surface area contributed by atoms with Crippen LogP contribution in [0.3, 0.4) is 0 Å². The number of halogens is 1. The normalized spacial score (nSPS) is 14.5. The first-order valence-electron chi connectivity index (χ1n) is 7.62. The lowest BCUT2D eigenvalue weighted by molar-refractivity contribution is 0.0493. The topological polar surface area (TPSA) is 50.1 Å². The molecule has 0 bridgehead atoms. The Labute approximate surface area is 131 Å². The molecule has 0 aliphatic carbocycles. The van der Waals surface area contributed by atoms with Crippen LogP contribution in [0.5, 0.6) is 0 Å². The Morgan fingerprint density at radius 1 is 1.30 bits per heavy atom. The molecule has 0 aromatic carbocycles. The van der Waals surface area contributed by atoms with Crippen molar-refractivity contribution in [3.63, 3.8) is 0 Å². The van der Waals surface area contributed by atoms with Crippen molar-refractivity contribution in [2.75, 3.05) is 13.1 Å². The third-order valence-electron chi connectivity index (χ3n) is 3.51. The molecule has 20 heavy (non-hydrogen) atoms. The molecular formula is C15H28BrN3O. The third kappa shape index (κ3) is 4.86. The second kappa shape index (κ2) is 8.15. The molecule has 2 N–H and O–H groups in total. The molecule has 0 radical (unpaired) electrons. The highest BCUT2D eigenvalue weighted by Gasteiger charge is 2.25. The predicted molar refractivity (Wildman–Crippen MR) is 87.1 cm³/mol. The van der Waals surface area contributed by atoms with E-state index in [2.05, 4.69) is 47.1 Å². The van der Waals surface area contributed by atoms with Crippen molar-refractivity contribution in [2.45, 2.75) is 65.5 Å². The van der Waals surface area contributed by atoms with Gasteiger partial charge in [0.25, 0.3) is 0 Å². The Bertz CT molecular complexity index is 415. The van der Waals surface area contributed by atoms with Crippen molar-refractivity contribution in [2.24, 2.45) is 0 Å². The molecule has 0 amide bonds. The van der Waals surface area contributed by atoms with Gasteiger partial charge in [-0.25, -0.2) is 0 Å². The van der Waals surface area contributed by atoms with Gasteiger partial charge in [-0.3, -0.25) is 4.68 Å². The van der Waals surface area contributed by atoms with E-state index in [1.165, 1.54) is 0 Å². The zero-order valence-corrected chi connectivity index (χ0v) is 14.8. The Hall–Kier alpha value is -0.390. The summed E-state index contributed by atoms with van der Waals surface area (Å²) in [6.07, 6.45) is 3.40. The summed E-state index contributed by atoms with van der Waals surface area (Å²) in [5.74, 6) is 0. The minimum atomic E-state index is -0.707. The van der Waals surface area contributed by atoms with Crippen LogP contribution in [0.1, 0.15) is 51.9 Å². The van der Waals surface area contributed by atoms with Crippen molar-refractivity contribution in [3.8, 4) is 0 Å². The third-order valence-corrected chi connectivity index (χ3v) is 4.42. The summed E-state index contributed by atoms with van der Waals surface area (Å²) >= 11 is 3.64. The molecule has 1 heterocycles. The summed E-state index contributed by atoms with van der Waals surface area (Å²) < 4.78 is 3.06. The van der Waals surface area contributed by atoms with E-state index in [0.29, 0.717) is 6.42 Å². The molecule has 0 aliphatic heterocycles. The summed E-state index contributed by atoms with van der Waals surface area (Å²) in [5, 5.41) is 18.5. The lowest BCUT2D eigenvalue weighted by Gasteiger charge is -2.24. The van der Waals surface area contributed by atoms with Crippen LogP contribution in [0.25, 0.3) is 0 Å². The summed E-state index contributed by atoms with van der Waals surface area (Å²) in [6, 6.07) is 0. The van der Waals surface area contributed by atoms with Gasteiger partial charge in [0.1, 0.15) is 0 Å². The standard InChI is InChI=1S/C15H28BrN3O/c1-5-9-17-10-8-15(4,20)11-13-14(16)12(6-2)18-19(13)7-3/h17,20H,5-11H2,1-4H3. The van der Waals surface area contributed by atoms with E-state index in [0.717, 1.165) is 54.8 Å². The molecule has 1 aromatic heterocycles. The molecule has 116 valence electrons. The van der Waals surface area contributed by atoms with Gasteiger partial charge in [0.15, 0.2) is 0 Å². The molecule has 0 fully saturated rings. The van der Waals surface area contributed by atoms with E-state index in [4.69, 9.17) is 0 Å². The summed E-state index contributed by atoms with van der Waals surface area (Å²) in [6.45, 7) is 10.9. The molecule has 0 saturated carbocycles. The fourth-order valence-electron chi connectivity index (χ4n) is 2.29. The quantitative estimate of drug-likeness (QED) is 0.676. The molecule has 4 nitrogen and oxygen atoms in total. The van der Waals surface area contributed by atoms with Crippen molar-refractivity contribution >= 4 is 15.9 Å². The van der Waals surface area contributed by atoms with Gasteiger partial charge in [-0.15, -0.1) is 0 Å². The number of rotatable bonds is 9. The maximum atomic E-state index is 10.6. The molecular weight excluding hydrogens is 318 g/mol. The van der Waals surface area contributed by atoms with E-state index in [9.17, 15) is 5.11 Å². The van der Waals surface area contributed by atoms with Crippen molar-refractivity contribution < 1.29 is 5.11 Å². The predicted octanol–water partition coefficient (Wildman–Crippen LogP) is 2.91. The Balaban J connectivity index is 2.72. The SMILES string of the molecule is CCCNCCC(C)(O)Cc1c(Br)c(CC)nn1CC. The lowest BCUT2D eigenvalue weighted by Crippen LogP contribution is -2.33. The monoisotopic (exact) mass is 345 g/mol. The smallest absolute Gasteiger partial charge is 0.0766 e. The van der Waals surface area contributed by atoms with Gasteiger partial charge in [0, 0.05) is 13.0 Å². The minimum Gasteiger partial charge on any atom is -0.390 e. The summed E-state index contributed by atoms with van der Waals surface area (Å²) in [7, 11) is 0. The largest absolute Gasteiger partial charge is 0.390 e.